The summed E-state index contributed by atoms with van der Waals surface area (Å²) in [4.78, 5) is 4.36. The predicted molar refractivity (Wildman–Crippen MR) is 98.1 cm³/mol. The number of phenolic OH excluding ortho intramolecular Hbond substituents is 1. The first-order valence-corrected chi connectivity index (χ1v) is 7.86. The molecule has 25 heavy (non-hydrogen) atoms. The van der Waals surface area contributed by atoms with Crippen LogP contribution in [-0.4, -0.2) is 21.5 Å². The molecule has 0 aliphatic rings. The van der Waals surface area contributed by atoms with Crippen molar-refractivity contribution in [3.8, 4) is 17.0 Å². The van der Waals surface area contributed by atoms with Crippen LogP contribution in [0, 0.1) is 5.82 Å². The molecule has 0 aliphatic carbocycles. The third kappa shape index (κ3) is 3.66. The molecule has 0 bridgehead atoms. The molecule has 0 fully saturated rings. The molecule has 1 heterocycles. The lowest BCUT2D eigenvalue weighted by atomic mass is 10.0. The predicted octanol–water partition coefficient (Wildman–Crippen LogP) is 4.68. The van der Waals surface area contributed by atoms with E-state index in [1.54, 1.807) is 35.1 Å². The molecule has 1 N–H and O–H groups in total. The second-order valence-electron chi connectivity index (χ2n) is 5.71. The summed E-state index contributed by atoms with van der Waals surface area (Å²) in [7, 11) is 0. The standard InChI is InChI=1S/C20H18FN3O/c1-14(15-5-3-7-17(21)11-15)9-10-20-23-13-19(24(20)22-2)16-6-4-8-18(25)12-16/h3-14,25H,2H2,1H3/b10-9-. The van der Waals surface area contributed by atoms with Crippen molar-refractivity contribution in [2.45, 2.75) is 12.8 Å². The molecule has 1 aromatic heterocycles. The van der Waals surface area contributed by atoms with Gasteiger partial charge in [-0.15, -0.1) is 0 Å². The Morgan fingerprint density at radius 2 is 2.04 bits per heavy atom. The van der Waals surface area contributed by atoms with E-state index in [1.165, 1.54) is 12.1 Å². The molecule has 0 radical (unpaired) electrons. The summed E-state index contributed by atoms with van der Waals surface area (Å²) < 4.78 is 14.9. The van der Waals surface area contributed by atoms with Gasteiger partial charge in [-0.2, -0.15) is 5.10 Å². The molecule has 1 unspecified atom stereocenters. The van der Waals surface area contributed by atoms with Gasteiger partial charge in [0.1, 0.15) is 11.6 Å². The van der Waals surface area contributed by atoms with Crippen molar-refractivity contribution < 1.29 is 9.50 Å². The fourth-order valence-electron chi connectivity index (χ4n) is 2.62. The van der Waals surface area contributed by atoms with Crippen LogP contribution < -0.4 is 0 Å². The molecule has 3 rings (SSSR count). The quantitative estimate of drug-likeness (QED) is 0.689. The number of rotatable bonds is 5. The number of halogens is 1. The van der Waals surface area contributed by atoms with Crippen LogP contribution in [0.2, 0.25) is 0 Å². The fourth-order valence-corrected chi connectivity index (χ4v) is 2.62. The number of hydrogen-bond donors (Lipinski definition) is 1. The van der Waals surface area contributed by atoms with Gasteiger partial charge in [0.2, 0.25) is 0 Å². The molecular weight excluding hydrogens is 317 g/mol. The monoisotopic (exact) mass is 335 g/mol. The van der Waals surface area contributed by atoms with Crippen LogP contribution in [0.5, 0.6) is 5.75 Å². The van der Waals surface area contributed by atoms with Crippen molar-refractivity contribution in [2.75, 3.05) is 0 Å². The Balaban J connectivity index is 1.89. The van der Waals surface area contributed by atoms with Gasteiger partial charge >= 0.3 is 0 Å². The van der Waals surface area contributed by atoms with E-state index in [4.69, 9.17) is 0 Å². The van der Waals surface area contributed by atoms with Gasteiger partial charge in [0, 0.05) is 12.3 Å². The van der Waals surface area contributed by atoms with Crippen LogP contribution in [0.1, 0.15) is 24.2 Å². The van der Waals surface area contributed by atoms with E-state index in [1.807, 2.05) is 31.2 Å². The van der Waals surface area contributed by atoms with E-state index < -0.39 is 0 Å². The average Bonchev–Trinajstić information content (AvgIpc) is 3.02. The zero-order valence-corrected chi connectivity index (χ0v) is 13.8. The van der Waals surface area contributed by atoms with Gasteiger partial charge in [-0.25, -0.2) is 14.1 Å². The number of allylic oxidation sites excluding steroid dienone is 1. The van der Waals surface area contributed by atoms with Crippen molar-refractivity contribution in [1.29, 1.82) is 0 Å². The molecule has 0 spiro atoms. The molecule has 5 heteroatoms. The lowest BCUT2D eigenvalue weighted by Crippen LogP contribution is -1.95. The van der Waals surface area contributed by atoms with Gasteiger partial charge in [0.15, 0.2) is 5.82 Å². The van der Waals surface area contributed by atoms with Crippen molar-refractivity contribution in [3.63, 3.8) is 0 Å². The lowest BCUT2D eigenvalue weighted by Gasteiger charge is -2.07. The summed E-state index contributed by atoms with van der Waals surface area (Å²) in [5.41, 5.74) is 2.40. The maximum Gasteiger partial charge on any atom is 0.153 e. The van der Waals surface area contributed by atoms with Crippen LogP contribution >= 0.6 is 0 Å². The number of aromatic hydroxyl groups is 1. The topological polar surface area (TPSA) is 50.4 Å². The maximum absolute atomic E-state index is 13.3. The van der Waals surface area contributed by atoms with Crippen LogP contribution in [0.3, 0.4) is 0 Å². The Kier molecular flexibility index (Phi) is 4.75. The Hall–Kier alpha value is -3.21. The lowest BCUT2D eigenvalue weighted by molar-refractivity contribution is 0.475. The van der Waals surface area contributed by atoms with Gasteiger partial charge in [0.05, 0.1) is 11.9 Å². The molecule has 1 atom stereocenters. The minimum Gasteiger partial charge on any atom is -0.508 e. The highest BCUT2D eigenvalue weighted by Crippen LogP contribution is 2.25. The number of phenols is 1. The molecule has 3 aromatic rings. The molecular formula is C20H18FN3O. The molecule has 4 nitrogen and oxygen atoms in total. The van der Waals surface area contributed by atoms with Gasteiger partial charge in [-0.1, -0.05) is 37.3 Å². The van der Waals surface area contributed by atoms with Crippen molar-refractivity contribution >= 4 is 12.8 Å². The first-order valence-electron chi connectivity index (χ1n) is 7.86. The van der Waals surface area contributed by atoms with Gasteiger partial charge in [0.25, 0.3) is 0 Å². The summed E-state index contributed by atoms with van der Waals surface area (Å²) in [6.45, 7) is 5.58. The smallest absolute Gasteiger partial charge is 0.153 e. The molecule has 0 saturated carbocycles. The van der Waals surface area contributed by atoms with E-state index in [-0.39, 0.29) is 17.5 Å². The van der Waals surface area contributed by atoms with E-state index in [0.29, 0.717) is 5.82 Å². The van der Waals surface area contributed by atoms with Gasteiger partial charge < -0.3 is 5.11 Å². The third-order valence-corrected chi connectivity index (χ3v) is 3.96. The Morgan fingerprint density at radius 1 is 1.24 bits per heavy atom. The van der Waals surface area contributed by atoms with Crippen LogP contribution in [0.15, 0.2) is 65.9 Å². The molecule has 0 saturated heterocycles. The molecule has 0 amide bonds. The second-order valence-corrected chi connectivity index (χ2v) is 5.71. The highest BCUT2D eigenvalue weighted by molar-refractivity contribution is 5.63. The Labute approximate surface area is 145 Å². The van der Waals surface area contributed by atoms with Crippen LogP contribution in [0.4, 0.5) is 4.39 Å². The average molecular weight is 335 g/mol. The van der Waals surface area contributed by atoms with E-state index >= 15 is 0 Å². The summed E-state index contributed by atoms with van der Waals surface area (Å²) in [6.07, 6.45) is 5.44. The SMILES string of the molecule is C=Nn1c(-c2cccc(O)c2)cnc1/C=C\C(C)c1cccc(F)c1. The van der Waals surface area contributed by atoms with Crippen molar-refractivity contribution in [2.24, 2.45) is 5.10 Å². The summed E-state index contributed by atoms with van der Waals surface area (Å²) in [6, 6.07) is 13.4. The zero-order chi connectivity index (χ0) is 17.8. The number of benzene rings is 2. The Morgan fingerprint density at radius 3 is 2.76 bits per heavy atom. The number of nitrogens with zero attached hydrogens (tertiary/aromatic N) is 3. The number of imidazole rings is 1. The van der Waals surface area contributed by atoms with E-state index in [2.05, 4.69) is 16.8 Å². The van der Waals surface area contributed by atoms with Gasteiger partial charge in [-0.3, -0.25) is 0 Å². The first-order chi connectivity index (χ1) is 12.1. The summed E-state index contributed by atoms with van der Waals surface area (Å²) in [5, 5.41) is 13.7. The van der Waals surface area contributed by atoms with Crippen molar-refractivity contribution in [1.82, 2.24) is 9.66 Å². The maximum atomic E-state index is 13.3. The summed E-state index contributed by atoms with van der Waals surface area (Å²) >= 11 is 0. The molecule has 2 aromatic carbocycles. The summed E-state index contributed by atoms with van der Waals surface area (Å²) in [5.74, 6) is 0.552. The number of aromatic nitrogens is 2. The minimum absolute atomic E-state index is 0.0230. The highest BCUT2D eigenvalue weighted by atomic mass is 19.1. The zero-order valence-electron chi connectivity index (χ0n) is 13.8. The first kappa shape index (κ1) is 16.6. The molecule has 0 aliphatic heterocycles. The minimum atomic E-state index is -0.252. The van der Waals surface area contributed by atoms with Crippen LogP contribution in [0.25, 0.3) is 17.3 Å². The van der Waals surface area contributed by atoms with Crippen LogP contribution in [-0.2, 0) is 0 Å². The van der Waals surface area contributed by atoms with Crippen molar-refractivity contribution in [3.05, 3.63) is 78.0 Å². The van der Waals surface area contributed by atoms with E-state index in [0.717, 1.165) is 16.8 Å². The normalized spacial score (nSPS) is 12.4. The fraction of sp³-hybridized carbons (Fsp3) is 0.100. The number of hydrogen-bond acceptors (Lipinski definition) is 3. The third-order valence-electron chi connectivity index (χ3n) is 3.96. The molecule has 126 valence electrons. The Bertz CT molecular complexity index is 930. The van der Waals surface area contributed by atoms with Gasteiger partial charge in [-0.05, 0) is 41.8 Å². The van der Waals surface area contributed by atoms with E-state index in [9.17, 15) is 9.50 Å². The highest BCUT2D eigenvalue weighted by Gasteiger charge is 2.10. The largest absolute Gasteiger partial charge is 0.508 e. The second kappa shape index (κ2) is 7.13.